The van der Waals surface area contributed by atoms with Crippen LogP contribution in [0.3, 0.4) is 0 Å². The van der Waals surface area contributed by atoms with Crippen LogP contribution in [0.15, 0.2) is 36.4 Å². The summed E-state index contributed by atoms with van der Waals surface area (Å²) in [6.07, 6.45) is 2.89. The zero-order valence-electron chi connectivity index (χ0n) is 14.1. The fourth-order valence-corrected chi connectivity index (χ4v) is 3.41. The molecular formula is C20H22N2O3. The van der Waals surface area contributed by atoms with Gasteiger partial charge in [-0.2, -0.15) is 0 Å². The molecule has 2 amide bonds. The number of aliphatic hydroxyl groups excluding tert-OH is 1. The number of fused-ring (bicyclic) bond motifs is 1. The molecule has 2 aromatic rings. The van der Waals surface area contributed by atoms with Crippen LogP contribution in [0.2, 0.25) is 0 Å². The summed E-state index contributed by atoms with van der Waals surface area (Å²) in [5, 5.41) is 14.8. The van der Waals surface area contributed by atoms with Crippen LogP contribution in [-0.2, 0) is 4.79 Å². The SMILES string of the molecule is O=C(Nc1cc2ccccc2cc1C(=O)N1CCCC(O)C1)C1CC1. The van der Waals surface area contributed by atoms with Crippen molar-refractivity contribution >= 4 is 28.3 Å². The molecule has 0 spiro atoms. The Morgan fingerprint density at radius 1 is 1.08 bits per heavy atom. The smallest absolute Gasteiger partial charge is 0.256 e. The van der Waals surface area contributed by atoms with Gasteiger partial charge in [-0.05, 0) is 48.6 Å². The molecule has 4 rings (SSSR count). The van der Waals surface area contributed by atoms with E-state index >= 15 is 0 Å². The van der Waals surface area contributed by atoms with Crippen molar-refractivity contribution in [2.24, 2.45) is 5.92 Å². The lowest BCUT2D eigenvalue weighted by atomic mass is 10.0. The summed E-state index contributed by atoms with van der Waals surface area (Å²) >= 11 is 0. The zero-order valence-corrected chi connectivity index (χ0v) is 14.1. The van der Waals surface area contributed by atoms with E-state index in [0.717, 1.165) is 36.5 Å². The van der Waals surface area contributed by atoms with Gasteiger partial charge in [0.15, 0.2) is 0 Å². The zero-order chi connectivity index (χ0) is 17.4. The lowest BCUT2D eigenvalue weighted by Gasteiger charge is -2.30. The van der Waals surface area contributed by atoms with Crippen LogP contribution in [0.1, 0.15) is 36.0 Å². The van der Waals surface area contributed by atoms with E-state index in [0.29, 0.717) is 24.3 Å². The van der Waals surface area contributed by atoms with Crippen LogP contribution in [0, 0.1) is 5.92 Å². The van der Waals surface area contributed by atoms with Gasteiger partial charge in [-0.25, -0.2) is 0 Å². The number of piperidine rings is 1. The number of carbonyl (C=O) groups is 2. The molecule has 1 aliphatic carbocycles. The predicted octanol–water partition coefficient (Wildman–Crippen LogP) is 2.79. The van der Waals surface area contributed by atoms with Gasteiger partial charge in [0.25, 0.3) is 5.91 Å². The van der Waals surface area contributed by atoms with Crippen LogP contribution in [0.5, 0.6) is 0 Å². The molecule has 2 N–H and O–H groups in total. The van der Waals surface area contributed by atoms with Gasteiger partial charge in [-0.1, -0.05) is 24.3 Å². The Morgan fingerprint density at radius 3 is 2.48 bits per heavy atom. The first kappa shape index (κ1) is 16.1. The molecule has 1 saturated carbocycles. The third-order valence-corrected chi connectivity index (χ3v) is 5.01. The second-order valence-electron chi connectivity index (χ2n) is 7.06. The molecule has 1 unspecified atom stereocenters. The second kappa shape index (κ2) is 6.48. The van der Waals surface area contributed by atoms with Gasteiger partial charge in [0.2, 0.25) is 5.91 Å². The van der Waals surface area contributed by atoms with Gasteiger partial charge < -0.3 is 15.3 Å². The van der Waals surface area contributed by atoms with Crippen molar-refractivity contribution in [3.05, 3.63) is 42.0 Å². The van der Waals surface area contributed by atoms with Gasteiger partial charge in [-0.3, -0.25) is 9.59 Å². The molecule has 1 aliphatic heterocycles. The molecule has 1 atom stereocenters. The summed E-state index contributed by atoms with van der Waals surface area (Å²) in [4.78, 5) is 27.0. The first-order chi connectivity index (χ1) is 12.1. The minimum atomic E-state index is -0.470. The molecular weight excluding hydrogens is 316 g/mol. The topological polar surface area (TPSA) is 69.6 Å². The average Bonchev–Trinajstić information content (AvgIpc) is 3.46. The second-order valence-corrected chi connectivity index (χ2v) is 7.06. The molecule has 2 aromatic carbocycles. The van der Waals surface area contributed by atoms with Crippen LogP contribution < -0.4 is 5.32 Å². The Labute approximate surface area is 146 Å². The van der Waals surface area contributed by atoms with Gasteiger partial charge in [0.05, 0.1) is 17.4 Å². The Morgan fingerprint density at radius 2 is 1.80 bits per heavy atom. The van der Waals surface area contributed by atoms with Crippen LogP contribution >= 0.6 is 0 Å². The van der Waals surface area contributed by atoms with Crippen molar-refractivity contribution in [3.63, 3.8) is 0 Å². The third-order valence-electron chi connectivity index (χ3n) is 5.01. The number of likely N-dealkylation sites (tertiary alicyclic amines) is 1. The number of hydrogen-bond acceptors (Lipinski definition) is 3. The van der Waals surface area contributed by atoms with Crippen LogP contribution in [0.4, 0.5) is 5.69 Å². The predicted molar refractivity (Wildman–Crippen MR) is 96.4 cm³/mol. The number of rotatable bonds is 3. The number of hydrogen-bond donors (Lipinski definition) is 2. The number of anilines is 1. The molecule has 1 heterocycles. The molecule has 130 valence electrons. The largest absolute Gasteiger partial charge is 0.391 e. The monoisotopic (exact) mass is 338 g/mol. The normalized spacial score (nSPS) is 20.5. The Balaban J connectivity index is 1.71. The summed E-state index contributed by atoms with van der Waals surface area (Å²) in [6.45, 7) is 0.987. The maximum Gasteiger partial charge on any atom is 0.256 e. The first-order valence-electron chi connectivity index (χ1n) is 8.93. The molecule has 0 radical (unpaired) electrons. The number of nitrogens with one attached hydrogen (secondary N) is 1. The maximum absolute atomic E-state index is 13.0. The highest BCUT2D eigenvalue weighted by Crippen LogP contribution is 2.32. The van der Waals surface area contributed by atoms with E-state index in [2.05, 4.69) is 5.32 Å². The van der Waals surface area contributed by atoms with E-state index in [1.54, 1.807) is 4.90 Å². The van der Waals surface area contributed by atoms with Crippen molar-refractivity contribution in [2.75, 3.05) is 18.4 Å². The Bertz CT molecular complexity index is 829. The minimum Gasteiger partial charge on any atom is -0.391 e. The van der Waals surface area contributed by atoms with Gasteiger partial charge in [0, 0.05) is 19.0 Å². The van der Waals surface area contributed by atoms with Crippen molar-refractivity contribution in [3.8, 4) is 0 Å². The maximum atomic E-state index is 13.0. The molecule has 2 fully saturated rings. The van der Waals surface area contributed by atoms with E-state index in [4.69, 9.17) is 0 Å². The van der Waals surface area contributed by atoms with E-state index in [1.165, 1.54) is 0 Å². The van der Waals surface area contributed by atoms with Crippen molar-refractivity contribution in [2.45, 2.75) is 31.8 Å². The van der Waals surface area contributed by atoms with E-state index in [1.807, 2.05) is 36.4 Å². The summed E-state index contributed by atoms with van der Waals surface area (Å²) in [6, 6.07) is 11.5. The van der Waals surface area contributed by atoms with E-state index in [9.17, 15) is 14.7 Å². The van der Waals surface area contributed by atoms with Gasteiger partial charge in [0.1, 0.15) is 0 Å². The van der Waals surface area contributed by atoms with Crippen LogP contribution in [0.25, 0.3) is 10.8 Å². The van der Waals surface area contributed by atoms with E-state index < -0.39 is 6.10 Å². The number of nitrogens with zero attached hydrogens (tertiary/aromatic N) is 1. The van der Waals surface area contributed by atoms with Gasteiger partial charge in [-0.15, -0.1) is 0 Å². The molecule has 2 aliphatic rings. The standard InChI is InChI=1S/C20H22N2O3/c23-16-6-3-9-22(12-16)20(25)17-10-14-4-1-2-5-15(14)11-18(17)21-19(24)13-7-8-13/h1-2,4-5,10-11,13,16,23H,3,6-9,12H2,(H,21,24). The number of aliphatic hydroxyl groups is 1. The number of amides is 2. The Kier molecular flexibility index (Phi) is 4.17. The highest BCUT2D eigenvalue weighted by Gasteiger charge is 2.31. The molecule has 5 heteroatoms. The van der Waals surface area contributed by atoms with Gasteiger partial charge >= 0.3 is 0 Å². The molecule has 25 heavy (non-hydrogen) atoms. The van der Waals surface area contributed by atoms with Crippen molar-refractivity contribution in [1.82, 2.24) is 4.90 Å². The fraction of sp³-hybridized carbons (Fsp3) is 0.400. The lowest BCUT2D eigenvalue weighted by molar-refractivity contribution is -0.117. The highest BCUT2D eigenvalue weighted by molar-refractivity contribution is 6.08. The molecule has 1 saturated heterocycles. The summed E-state index contributed by atoms with van der Waals surface area (Å²) < 4.78 is 0. The molecule has 5 nitrogen and oxygen atoms in total. The minimum absolute atomic E-state index is 0.0111. The van der Waals surface area contributed by atoms with E-state index in [-0.39, 0.29) is 17.7 Å². The number of carbonyl (C=O) groups excluding carboxylic acids is 2. The summed E-state index contributed by atoms with van der Waals surface area (Å²) in [5.41, 5.74) is 1.07. The summed E-state index contributed by atoms with van der Waals surface area (Å²) in [5.74, 6) is -0.0650. The summed E-state index contributed by atoms with van der Waals surface area (Å²) in [7, 11) is 0. The molecule has 0 bridgehead atoms. The van der Waals surface area contributed by atoms with Crippen molar-refractivity contribution < 1.29 is 14.7 Å². The average molecular weight is 338 g/mol. The number of benzene rings is 2. The fourth-order valence-electron chi connectivity index (χ4n) is 3.41. The van der Waals surface area contributed by atoms with Crippen molar-refractivity contribution in [1.29, 1.82) is 0 Å². The Hall–Kier alpha value is -2.40. The lowest BCUT2D eigenvalue weighted by Crippen LogP contribution is -2.42. The quantitative estimate of drug-likeness (QED) is 0.904. The highest BCUT2D eigenvalue weighted by atomic mass is 16.3. The molecule has 0 aromatic heterocycles. The third kappa shape index (κ3) is 3.37. The number of β-amino-alcohol motifs (C(OH)–C–C–N with tert-alkyl or cyclic N) is 1. The first-order valence-corrected chi connectivity index (χ1v) is 8.93. The van der Waals surface area contributed by atoms with Crippen LogP contribution in [-0.4, -0.2) is 41.0 Å².